The highest BCUT2D eigenvalue weighted by atomic mass is 35.5. The van der Waals surface area contributed by atoms with Gasteiger partial charge in [-0.1, -0.05) is 48.0 Å². The molecule has 2 aromatic carbocycles. The highest BCUT2D eigenvalue weighted by Gasteiger charge is 2.08. The Morgan fingerprint density at radius 2 is 1.72 bits per heavy atom. The second-order valence-corrected chi connectivity index (χ2v) is 4.97. The summed E-state index contributed by atoms with van der Waals surface area (Å²) in [6, 6.07) is 15.7. The van der Waals surface area contributed by atoms with Crippen LogP contribution in [0.5, 0.6) is 0 Å². The van der Waals surface area contributed by atoms with Crippen LogP contribution in [-0.4, -0.2) is 5.11 Å². The quantitative estimate of drug-likeness (QED) is 0.868. The van der Waals surface area contributed by atoms with Gasteiger partial charge in [-0.25, -0.2) is 0 Å². The summed E-state index contributed by atoms with van der Waals surface area (Å²) in [5.74, 6) is 0. The first-order chi connectivity index (χ1) is 8.66. The molecule has 1 nitrogen and oxygen atoms in total. The Morgan fingerprint density at radius 1 is 1.06 bits per heavy atom. The molecule has 0 saturated heterocycles. The van der Waals surface area contributed by atoms with E-state index in [1.807, 2.05) is 36.4 Å². The zero-order valence-corrected chi connectivity index (χ0v) is 11.2. The van der Waals surface area contributed by atoms with Gasteiger partial charge in [0.1, 0.15) is 0 Å². The third kappa shape index (κ3) is 3.34. The van der Waals surface area contributed by atoms with Gasteiger partial charge in [0.2, 0.25) is 0 Å². The predicted octanol–water partition coefficient (Wildman–Crippen LogP) is 4.31. The number of halogens is 1. The summed E-state index contributed by atoms with van der Waals surface area (Å²) >= 11 is 5.83. The summed E-state index contributed by atoms with van der Waals surface area (Å²) in [6.07, 6.45) is 1.19. The molecule has 0 aliphatic heterocycles. The number of rotatable bonds is 4. The van der Waals surface area contributed by atoms with E-state index in [-0.39, 0.29) is 0 Å². The maximum absolute atomic E-state index is 10.1. The molecule has 0 amide bonds. The summed E-state index contributed by atoms with van der Waals surface area (Å²) in [4.78, 5) is 0. The highest BCUT2D eigenvalue weighted by Crippen LogP contribution is 2.21. The Morgan fingerprint density at radius 3 is 2.39 bits per heavy atom. The minimum Gasteiger partial charge on any atom is -0.388 e. The largest absolute Gasteiger partial charge is 0.388 e. The average Bonchev–Trinajstić information content (AvgIpc) is 2.38. The Bertz CT molecular complexity index is 505. The van der Waals surface area contributed by atoms with Gasteiger partial charge in [0, 0.05) is 5.02 Å². The van der Waals surface area contributed by atoms with Gasteiger partial charge >= 0.3 is 0 Å². The molecule has 0 heterocycles. The minimum atomic E-state index is -0.429. The molecule has 0 bridgehead atoms. The first-order valence-corrected chi connectivity index (χ1v) is 6.52. The standard InChI is InChI=1S/C16H17ClO/c1-12-4-2-3-5-13(12)8-11-16(18)14-6-9-15(17)10-7-14/h2-7,9-10,16,18H,8,11H2,1H3. The molecule has 0 saturated carbocycles. The van der Waals surface area contributed by atoms with Crippen molar-refractivity contribution in [1.29, 1.82) is 0 Å². The molecule has 1 N–H and O–H groups in total. The van der Waals surface area contributed by atoms with Crippen LogP contribution in [0.15, 0.2) is 48.5 Å². The van der Waals surface area contributed by atoms with Crippen LogP contribution >= 0.6 is 11.6 Å². The fourth-order valence-corrected chi connectivity index (χ4v) is 2.16. The van der Waals surface area contributed by atoms with Gasteiger partial charge in [-0.3, -0.25) is 0 Å². The molecular weight excluding hydrogens is 244 g/mol. The van der Waals surface area contributed by atoms with Gasteiger partial charge in [-0.2, -0.15) is 0 Å². The summed E-state index contributed by atoms with van der Waals surface area (Å²) in [5, 5.41) is 10.8. The van der Waals surface area contributed by atoms with Crippen LogP contribution in [0, 0.1) is 6.92 Å². The lowest BCUT2D eigenvalue weighted by Gasteiger charge is -2.12. The average molecular weight is 261 g/mol. The van der Waals surface area contributed by atoms with Crippen LogP contribution in [0.4, 0.5) is 0 Å². The molecule has 0 aliphatic rings. The third-order valence-electron chi connectivity index (χ3n) is 3.20. The molecular formula is C16H17ClO. The van der Waals surface area contributed by atoms with E-state index < -0.39 is 6.10 Å². The van der Waals surface area contributed by atoms with Crippen molar-refractivity contribution >= 4 is 11.6 Å². The first-order valence-electron chi connectivity index (χ1n) is 6.15. The maximum Gasteiger partial charge on any atom is 0.0793 e. The van der Waals surface area contributed by atoms with Crippen molar-refractivity contribution in [3.63, 3.8) is 0 Å². The predicted molar refractivity (Wildman–Crippen MR) is 75.9 cm³/mol. The van der Waals surface area contributed by atoms with Crippen molar-refractivity contribution in [2.24, 2.45) is 0 Å². The Balaban J connectivity index is 1.98. The second-order valence-electron chi connectivity index (χ2n) is 4.53. The summed E-state index contributed by atoms with van der Waals surface area (Å²) in [7, 11) is 0. The van der Waals surface area contributed by atoms with Gasteiger partial charge in [0.25, 0.3) is 0 Å². The van der Waals surface area contributed by atoms with E-state index in [9.17, 15) is 5.11 Å². The van der Waals surface area contributed by atoms with Crippen LogP contribution in [0.3, 0.4) is 0 Å². The van der Waals surface area contributed by atoms with Crippen molar-refractivity contribution in [2.45, 2.75) is 25.9 Å². The van der Waals surface area contributed by atoms with Crippen LogP contribution in [-0.2, 0) is 6.42 Å². The molecule has 2 rings (SSSR count). The number of aryl methyl sites for hydroxylation is 2. The molecule has 2 aromatic rings. The molecule has 94 valence electrons. The summed E-state index contributed by atoms with van der Waals surface area (Å²) < 4.78 is 0. The lowest BCUT2D eigenvalue weighted by molar-refractivity contribution is 0.168. The molecule has 0 aromatic heterocycles. The molecule has 18 heavy (non-hydrogen) atoms. The number of aliphatic hydroxyl groups excluding tert-OH is 1. The van der Waals surface area contributed by atoms with Crippen molar-refractivity contribution in [3.8, 4) is 0 Å². The monoisotopic (exact) mass is 260 g/mol. The summed E-state index contributed by atoms with van der Waals surface area (Å²) in [6.45, 7) is 2.10. The van der Waals surface area contributed by atoms with Crippen LogP contribution in [0.25, 0.3) is 0 Å². The molecule has 2 heteroatoms. The SMILES string of the molecule is Cc1ccccc1CCC(O)c1ccc(Cl)cc1. The van der Waals surface area contributed by atoms with Gasteiger partial charge in [-0.05, 0) is 48.6 Å². The Labute approximate surface area is 113 Å². The fourth-order valence-electron chi connectivity index (χ4n) is 2.03. The minimum absolute atomic E-state index is 0.429. The molecule has 0 radical (unpaired) electrons. The summed E-state index contributed by atoms with van der Waals surface area (Å²) in [5.41, 5.74) is 3.50. The van der Waals surface area contributed by atoms with E-state index >= 15 is 0 Å². The molecule has 0 spiro atoms. The van der Waals surface area contributed by atoms with E-state index in [4.69, 9.17) is 11.6 Å². The molecule has 0 aliphatic carbocycles. The smallest absolute Gasteiger partial charge is 0.0793 e. The van der Waals surface area contributed by atoms with E-state index in [2.05, 4.69) is 19.1 Å². The molecule has 1 unspecified atom stereocenters. The van der Waals surface area contributed by atoms with E-state index in [0.717, 1.165) is 18.4 Å². The van der Waals surface area contributed by atoms with Crippen molar-refractivity contribution < 1.29 is 5.11 Å². The molecule has 1 atom stereocenters. The van der Waals surface area contributed by atoms with E-state index in [1.54, 1.807) is 0 Å². The number of hydrogen-bond acceptors (Lipinski definition) is 1. The normalized spacial score (nSPS) is 12.4. The van der Waals surface area contributed by atoms with Crippen LogP contribution in [0.1, 0.15) is 29.2 Å². The van der Waals surface area contributed by atoms with E-state index in [1.165, 1.54) is 11.1 Å². The second kappa shape index (κ2) is 6.03. The van der Waals surface area contributed by atoms with Crippen LogP contribution in [0.2, 0.25) is 5.02 Å². The maximum atomic E-state index is 10.1. The molecule has 0 fully saturated rings. The Kier molecular flexibility index (Phi) is 4.40. The third-order valence-corrected chi connectivity index (χ3v) is 3.46. The van der Waals surface area contributed by atoms with Gasteiger partial charge in [-0.15, -0.1) is 0 Å². The van der Waals surface area contributed by atoms with Gasteiger partial charge < -0.3 is 5.11 Å². The van der Waals surface area contributed by atoms with Crippen molar-refractivity contribution in [2.75, 3.05) is 0 Å². The lowest BCUT2D eigenvalue weighted by Crippen LogP contribution is -2.00. The number of hydrogen-bond donors (Lipinski definition) is 1. The highest BCUT2D eigenvalue weighted by molar-refractivity contribution is 6.30. The van der Waals surface area contributed by atoms with Gasteiger partial charge in [0.05, 0.1) is 6.10 Å². The zero-order valence-electron chi connectivity index (χ0n) is 10.4. The Hall–Kier alpha value is -1.31. The number of benzene rings is 2. The van der Waals surface area contributed by atoms with Crippen LogP contribution < -0.4 is 0 Å². The first kappa shape index (κ1) is 13.1. The van der Waals surface area contributed by atoms with E-state index in [0.29, 0.717) is 5.02 Å². The van der Waals surface area contributed by atoms with Gasteiger partial charge in [0.15, 0.2) is 0 Å². The van der Waals surface area contributed by atoms with Crippen molar-refractivity contribution in [3.05, 3.63) is 70.2 Å². The lowest BCUT2D eigenvalue weighted by atomic mass is 9.99. The zero-order chi connectivity index (χ0) is 13.0. The topological polar surface area (TPSA) is 20.2 Å². The fraction of sp³-hybridized carbons (Fsp3) is 0.250. The number of aliphatic hydroxyl groups is 1. The van der Waals surface area contributed by atoms with Crippen molar-refractivity contribution in [1.82, 2.24) is 0 Å².